The van der Waals surface area contributed by atoms with E-state index in [9.17, 15) is 4.79 Å². The van der Waals surface area contributed by atoms with Gasteiger partial charge in [-0.3, -0.25) is 4.79 Å². The zero-order chi connectivity index (χ0) is 16.1. The Morgan fingerprint density at radius 1 is 1.35 bits per heavy atom. The van der Waals surface area contributed by atoms with E-state index in [1.165, 1.54) is 17.5 Å². The highest BCUT2D eigenvalue weighted by Crippen LogP contribution is 2.34. The first kappa shape index (κ1) is 16.8. The quantitative estimate of drug-likeness (QED) is 0.835. The molecule has 0 radical (unpaired) electrons. The van der Waals surface area contributed by atoms with Crippen molar-refractivity contribution in [3.8, 4) is 0 Å². The molecular weight excluding hydrogens is 306 g/mol. The smallest absolute Gasteiger partial charge is 0.230 e. The normalized spacial score (nSPS) is 23.7. The van der Waals surface area contributed by atoms with Gasteiger partial charge in [-0.05, 0) is 31.9 Å². The molecule has 2 aliphatic heterocycles. The van der Waals surface area contributed by atoms with E-state index >= 15 is 0 Å². The van der Waals surface area contributed by atoms with Crippen molar-refractivity contribution in [3.63, 3.8) is 0 Å². The Hall–Kier alpha value is -1.04. The van der Waals surface area contributed by atoms with Crippen molar-refractivity contribution in [1.82, 2.24) is 15.5 Å². The zero-order valence-corrected chi connectivity index (χ0v) is 14.7. The molecule has 126 valence electrons. The first-order chi connectivity index (χ1) is 11.2. The monoisotopic (exact) mass is 333 g/mol. The zero-order valence-electron chi connectivity index (χ0n) is 13.9. The van der Waals surface area contributed by atoms with Gasteiger partial charge >= 0.3 is 0 Å². The van der Waals surface area contributed by atoms with Gasteiger partial charge in [-0.1, -0.05) is 29.8 Å². The second kappa shape index (κ2) is 8.18. The first-order valence-corrected chi connectivity index (χ1v) is 9.68. The van der Waals surface area contributed by atoms with Gasteiger partial charge in [0.1, 0.15) is 0 Å². The molecule has 2 atom stereocenters. The van der Waals surface area contributed by atoms with Crippen LogP contribution in [0.2, 0.25) is 0 Å². The van der Waals surface area contributed by atoms with Crippen LogP contribution in [0.25, 0.3) is 0 Å². The van der Waals surface area contributed by atoms with Gasteiger partial charge in [0.15, 0.2) is 0 Å². The third-order valence-electron chi connectivity index (χ3n) is 4.73. The average Bonchev–Trinajstić information content (AvgIpc) is 2.99. The lowest BCUT2D eigenvalue weighted by Crippen LogP contribution is -2.43. The minimum absolute atomic E-state index is 0.180. The average molecular weight is 334 g/mol. The number of carbonyl (C=O) groups excluding carboxylic acids is 1. The summed E-state index contributed by atoms with van der Waals surface area (Å²) in [5.41, 5.74) is 2.66. The molecule has 2 saturated heterocycles. The van der Waals surface area contributed by atoms with Gasteiger partial charge in [0, 0.05) is 32.1 Å². The molecule has 0 spiro atoms. The lowest BCUT2D eigenvalue weighted by atomic mass is 9.92. The Morgan fingerprint density at radius 3 is 2.87 bits per heavy atom. The molecule has 0 aromatic heterocycles. The summed E-state index contributed by atoms with van der Waals surface area (Å²) in [6.45, 7) is 7.83. The highest BCUT2D eigenvalue weighted by atomic mass is 32.2. The number of nitrogens with one attached hydrogen (secondary N) is 2. The summed E-state index contributed by atoms with van der Waals surface area (Å²) < 4.78 is 0. The number of thioether (sulfide) groups is 1. The number of rotatable bonds is 6. The number of piperazine rings is 1. The first-order valence-electron chi connectivity index (χ1n) is 8.63. The molecule has 2 unspecified atom stereocenters. The number of carbonyl (C=O) groups is 1. The molecule has 1 aromatic carbocycles. The van der Waals surface area contributed by atoms with Gasteiger partial charge in [0.25, 0.3) is 0 Å². The van der Waals surface area contributed by atoms with Gasteiger partial charge in [-0.25, -0.2) is 0 Å². The van der Waals surface area contributed by atoms with Crippen molar-refractivity contribution in [2.24, 2.45) is 0 Å². The number of nitrogens with zero attached hydrogens (tertiary/aromatic N) is 1. The predicted molar refractivity (Wildman–Crippen MR) is 96.9 cm³/mol. The fraction of sp³-hybridized carbons (Fsp3) is 0.611. The maximum Gasteiger partial charge on any atom is 0.230 e. The Labute approximate surface area is 143 Å². The fourth-order valence-electron chi connectivity index (χ4n) is 3.49. The number of aryl methyl sites for hydroxylation is 1. The highest BCUT2D eigenvalue weighted by Gasteiger charge is 2.30. The van der Waals surface area contributed by atoms with Crippen LogP contribution in [0.3, 0.4) is 0 Å². The van der Waals surface area contributed by atoms with Crippen molar-refractivity contribution < 1.29 is 4.79 Å². The van der Waals surface area contributed by atoms with E-state index in [2.05, 4.69) is 46.7 Å². The molecule has 2 N–H and O–H groups in total. The molecule has 5 heteroatoms. The summed E-state index contributed by atoms with van der Waals surface area (Å²) >= 11 is 1.76. The molecule has 2 fully saturated rings. The van der Waals surface area contributed by atoms with Crippen LogP contribution in [0.15, 0.2) is 24.3 Å². The van der Waals surface area contributed by atoms with Gasteiger partial charge in [0.2, 0.25) is 5.91 Å². The molecule has 2 heterocycles. The van der Waals surface area contributed by atoms with Gasteiger partial charge in [0.05, 0.1) is 11.1 Å². The van der Waals surface area contributed by atoms with Crippen LogP contribution in [-0.2, 0) is 4.79 Å². The van der Waals surface area contributed by atoms with E-state index < -0.39 is 0 Å². The number of amides is 1. The molecule has 0 saturated carbocycles. The summed E-state index contributed by atoms with van der Waals surface area (Å²) in [5, 5.41) is 6.79. The molecule has 0 bridgehead atoms. The van der Waals surface area contributed by atoms with Gasteiger partial charge in [-0.15, -0.1) is 11.8 Å². The molecule has 23 heavy (non-hydrogen) atoms. The van der Waals surface area contributed by atoms with E-state index in [0.29, 0.717) is 11.7 Å². The van der Waals surface area contributed by atoms with Gasteiger partial charge in [-0.2, -0.15) is 0 Å². The second-order valence-electron chi connectivity index (χ2n) is 6.55. The van der Waals surface area contributed by atoms with Crippen LogP contribution in [-0.4, -0.2) is 54.7 Å². The summed E-state index contributed by atoms with van der Waals surface area (Å²) in [5.74, 6) is 1.19. The third-order valence-corrected chi connectivity index (χ3v) is 5.97. The standard InChI is InChI=1S/C18H27N3OS/c1-14-4-2-5-15(12-14)16(18-20-17(22)13-23-18)6-3-9-21-10-7-19-8-11-21/h2,4-5,12,16,18-19H,3,6-11,13H2,1H3,(H,20,22). The molecule has 4 nitrogen and oxygen atoms in total. The molecule has 1 amide bonds. The van der Waals surface area contributed by atoms with E-state index in [4.69, 9.17) is 0 Å². The Balaban J connectivity index is 1.61. The summed E-state index contributed by atoms with van der Waals surface area (Å²) in [6.07, 6.45) is 2.32. The summed E-state index contributed by atoms with van der Waals surface area (Å²) in [6, 6.07) is 8.77. The van der Waals surface area contributed by atoms with Crippen LogP contribution in [0.5, 0.6) is 0 Å². The largest absolute Gasteiger partial charge is 0.343 e. The van der Waals surface area contributed by atoms with Crippen LogP contribution in [0, 0.1) is 6.92 Å². The molecule has 3 rings (SSSR count). The van der Waals surface area contributed by atoms with E-state index in [1.807, 2.05) is 0 Å². The number of hydrogen-bond donors (Lipinski definition) is 2. The Kier molecular flexibility index (Phi) is 5.97. The molecular formula is C18H27N3OS. The highest BCUT2D eigenvalue weighted by molar-refractivity contribution is 8.01. The van der Waals surface area contributed by atoms with Crippen molar-refractivity contribution in [1.29, 1.82) is 0 Å². The molecule has 1 aromatic rings. The predicted octanol–water partition coefficient (Wildman–Crippen LogP) is 1.95. The fourth-order valence-corrected chi connectivity index (χ4v) is 4.64. The van der Waals surface area contributed by atoms with Gasteiger partial charge < -0.3 is 15.5 Å². The van der Waals surface area contributed by atoms with Crippen LogP contribution >= 0.6 is 11.8 Å². The minimum Gasteiger partial charge on any atom is -0.343 e. The third kappa shape index (κ3) is 4.72. The van der Waals surface area contributed by atoms with Crippen LogP contribution in [0.4, 0.5) is 0 Å². The topological polar surface area (TPSA) is 44.4 Å². The van der Waals surface area contributed by atoms with E-state index in [0.717, 1.165) is 39.1 Å². The maximum absolute atomic E-state index is 11.6. The summed E-state index contributed by atoms with van der Waals surface area (Å²) in [4.78, 5) is 14.2. The molecule has 0 aliphatic carbocycles. The Bertz CT molecular complexity index is 531. The molecule has 2 aliphatic rings. The van der Waals surface area contributed by atoms with Crippen LogP contribution in [0.1, 0.15) is 29.9 Å². The second-order valence-corrected chi connectivity index (χ2v) is 7.68. The number of benzene rings is 1. The van der Waals surface area contributed by atoms with Crippen molar-refractivity contribution in [2.45, 2.75) is 31.1 Å². The van der Waals surface area contributed by atoms with Crippen molar-refractivity contribution >= 4 is 17.7 Å². The summed E-state index contributed by atoms with van der Waals surface area (Å²) in [7, 11) is 0. The minimum atomic E-state index is 0.180. The van der Waals surface area contributed by atoms with E-state index in [-0.39, 0.29) is 11.3 Å². The lowest BCUT2D eigenvalue weighted by Gasteiger charge is -2.29. The SMILES string of the molecule is Cc1cccc(C(CCCN2CCNCC2)C2NC(=O)CS2)c1. The van der Waals surface area contributed by atoms with E-state index in [1.54, 1.807) is 11.8 Å². The van der Waals surface area contributed by atoms with Crippen molar-refractivity contribution in [3.05, 3.63) is 35.4 Å². The lowest BCUT2D eigenvalue weighted by molar-refractivity contribution is -0.118. The van der Waals surface area contributed by atoms with Crippen LogP contribution < -0.4 is 10.6 Å². The number of hydrogen-bond acceptors (Lipinski definition) is 4. The Morgan fingerprint density at radius 2 is 2.17 bits per heavy atom. The maximum atomic E-state index is 11.6. The van der Waals surface area contributed by atoms with Crippen molar-refractivity contribution in [2.75, 3.05) is 38.5 Å².